The van der Waals surface area contributed by atoms with E-state index in [1.165, 1.54) is 6.07 Å². The van der Waals surface area contributed by atoms with Crippen LogP contribution in [0.25, 0.3) is 0 Å². The van der Waals surface area contributed by atoms with Crippen molar-refractivity contribution >= 4 is 21.6 Å². The van der Waals surface area contributed by atoms with Gasteiger partial charge in [0.1, 0.15) is 5.75 Å². The van der Waals surface area contributed by atoms with E-state index in [4.69, 9.17) is 0 Å². The summed E-state index contributed by atoms with van der Waals surface area (Å²) in [5.74, 6) is 0.234. The molecule has 0 amide bonds. The van der Waals surface area contributed by atoms with Crippen LogP contribution in [0.15, 0.2) is 46.9 Å². The summed E-state index contributed by atoms with van der Waals surface area (Å²) in [4.78, 5) is 10.4. The molecule has 0 saturated carbocycles. The first-order valence-corrected chi connectivity index (χ1v) is 6.78. The quantitative estimate of drug-likeness (QED) is 0.648. The van der Waals surface area contributed by atoms with E-state index >= 15 is 0 Å². The molecule has 0 saturated heterocycles. The third-order valence-electron chi connectivity index (χ3n) is 2.88. The molecule has 2 rings (SSSR count). The van der Waals surface area contributed by atoms with Crippen LogP contribution in [0.5, 0.6) is 5.75 Å². The summed E-state index contributed by atoms with van der Waals surface area (Å²) in [7, 11) is 0. The maximum absolute atomic E-state index is 10.8. The van der Waals surface area contributed by atoms with Crippen molar-refractivity contribution in [2.45, 2.75) is 13.1 Å². The fraction of sp³-hybridized carbons (Fsp3) is 0.143. The lowest BCUT2D eigenvalue weighted by Gasteiger charge is -2.08. The Balaban J connectivity index is 2.03. The topological polar surface area (TPSA) is 75.4 Å². The lowest BCUT2D eigenvalue weighted by atomic mass is 10.1. The molecule has 0 aliphatic heterocycles. The minimum Gasteiger partial charge on any atom is -0.508 e. The summed E-state index contributed by atoms with van der Waals surface area (Å²) in [6, 6.07) is 12.0. The molecule has 0 aliphatic carbocycles. The zero-order valence-corrected chi connectivity index (χ0v) is 12.1. The number of aromatic hydroxyl groups is 1. The Morgan fingerprint density at radius 2 is 1.75 bits per heavy atom. The number of nitro groups is 1. The van der Waals surface area contributed by atoms with E-state index in [0.717, 1.165) is 11.1 Å². The molecule has 2 aromatic rings. The van der Waals surface area contributed by atoms with Crippen molar-refractivity contribution in [1.29, 1.82) is 0 Å². The Bertz CT molecular complexity index is 632. The molecule has 0 bridgehead atoms. The fourth-order valence-corrected chi connectivity index (χ4v) is 2.39. The number of nitrogens with one attached hydrogen (secondary N) is 1. The van der Waals surface area contributed by atoms with Gasteiger partial charge < -0.3 is 10.4 Å². The third kappa shape index (κ3) is 3.34. The van der Waals surface area contributed by atoms with Crippen molar-refractivity contribution in [1.82, 2.24) is 5.32 Å². The molecule has 0 heterocycles. The Hall–Kier alpha value is -1.92. The van der Waals surface area contributed by atoms with Crippen LogP contribution >= 0.6 is 15.9 Å². The highest BCUT2D eigenvalue weighted by Crippen LogP contribution is 2.28. The van der Waals surface area contributed by atoms with Crippen LogP contribution in [0.4, 0.5) is 5.69 Å². The molecule has 0 aromatic heterocycles. The molecular formula is C14H13BrN2O3. The molecule has 0 spiro atoms. The summed E-state index contributed by atoms with van der Waals surface area (Å²) in [5.41, 5.74) is 1.63. The number of nitro benzene ring substituents is 1. The van der Waals surface area contributed by atoms with Crippen molar-refractivity contribution < 1.29 is 10.0 Å². The molecular weight excluding hydrogens is 324 g/mol. The number of hydrogen-bond acceptors (Lipinski definition) is 4. The number of para-hydroxylation sites is 1. The van der Waals surface area contributed by atoms with Crippen molar-refractivity contribution in [2.24, 2.45) is 0 Å². The van der Waals surface area contributed by atoms with Gasteiger partial charge >= 0.3 is 0 Å². The Morgan fingerprint density at radius 1 is 1.10 bits per heavy atom. The number of nitrogens with zero attached hydrogens (tertiary/aromatic N) is 1. The minimum atomic E-state index is -0.420. The molecule has 20 heavy (non-hydrogen) atoms. The second-order valence-corrected chi connectivity index (χ2v) is 5.03. The van der Waals surface area contributed by atoms with E-state index in [0.29, 0.717) is 17.6 Å². The van der Waals surface area contributed by atoms with Crippen LogP contribution in [-0.4, -0.2) is 10.0 Å². The standard InChI is InChI=1S/C14H13BrN2O3/c15-14-11(5-3-6-12(14)17(19)20)9-16-8-10-4-1-2-7-13(10)18/h1-7,16,18H,8-9H2. The van der Waals surface area contributed by atoms with Gasteiger partial charge in [0.2, 0.25) is 0 Å². The summed E-state index contributed by atoms with van der Waals surface area (Å²) in [6.07, 6.45) is 0. The first-order chi connectivity index (χ1) is 9.59. The number of phenols is 1. The molecule has 0 atom stereocenters. The van der Waals surface area contributed by atoms with Crippen molar-refractivity contribution in [3.63, 3.8) is 0 Å². The van der Waals surface area contributed by atoms with Crippen LogP contribution in [0, 0.1) is 10.1 Å². The first-order valence-electron chi connectivity index (χ1n) is 5.99. The predicted molar refractivity (Wildman–Crippen MR) is 79.4 cm³/mol. The summed E-state index contributed by atoms with van der Waals surface area (Å²) >= 11 is 3.25. The van der Waals surface area contributed by atoms with E-state index in [2.05, 4.69) is 21.2 Å². The highest BCUT2D eigenvalue weighted by atomic mass is 79.9. The van der Waals surface area contributed by atoms with Gasteiger partial charge in [0.05, 0.1) is 9.40 Å². The van der Waals surface area contributed by atoms with Crippen LogP contribution in [-0.2, 0) is 13.1 Å². The monoisotopic (exact) mass is 336 g/mol. The number of halogens is 1. The largest absolute Gasteiger partial charge is 0.508 e. The zero-order valence-electron chi connectivity index (χ0n) is 10.5. The molecule has 0 radical (unpaired) electrons. The number of phenolic OH excluding ortho intramolecular Hbond substituents is 1. The van der Waals surface area contributed by atoms with Crippen LogP contribution in [0.2, 0.25) is 0 Å². The number of hydrogen-bond donors (Lipinski definition) is 2. The summed E-state index contributed by atoms with van der Waals surface area (Å²) < 4.78 is 0.481. The first kappa shape index (κ1) is 14.5. The highest BCUT2D eigenvalue weighted by Gasteiger charge is 2.14. The Labute approximate surface area is 124 Å². The van der Waals surface area contributed by atoms with E-state index in [1.807, 2.05) is 18.2 Å². The smallest absolute Gasteiger partial charge is 0.283 e. The molecule has 5 nitrogen and oxygen atoms in total. The number of benzene rings is 2. The second kappa shape index (κ2) is 6.49. The maximum atomic E-state index is 10.8. The van der Waals surface area contributed by atoms with E-state index in [9.17, 15) is 15.2 Å². The van der Waals surface area contributed by atoms with Crippen LogP contribution in [0.3, 0.4) is 0 Å². The lowest BCUT2D eigenvalue weighted by molar-refractivity contribution is -0.385. The zero-order chi connectivity index (χ0) is 14.5. The van der Waals surface area contributed by atoms with Gasteiger partial charge in [0.25, 0.3) is 5.69 Å². The molecule has 0 fully saturated rings. The molecule has 2 aromatic carbocycles. The van der Waals surface area contributed by atoms with Gasteiger partial charge in [-0.05, 0) is 27.6 Å². The van der Waals surface area contributed by atoms with Crippen molar-refractivity contribution in [3.8, 4) is 5.75 Å². The van der Waals surface area contributed by atoms with E-state index < -0.39 is 4.92 Å². The third-order valence-corrected chi connectivity index (χ3v) is 3.79. The average Bonchev–Trinajstić information content (AvgIpc) is 2.42. The SMILES string of the molecule is O=[N+]([O-])c1cccc(CNCc2ccccc2O)c1Br. The summed E-state index contributed by atoms with van der Waals surface area (Å²) in [6.45, 7) is 0.957. The molecule has 0 aliphatic rings. The molecule has 0 unspecified atom stereocenters. The molecule has 6 heteroatoms. The van der Waals surface area contributed by atoms with Crippen molar-refractivity contribution in [2.75, 3.05) is 0 Å². The Kier molecular flexibility index (Phi) is 4.70. The van der Waals surface area contributed by atoms with Gasteiger partial charge in [-0.2, -0.15) is 0 Å². The van der Waals surface area contributed by atoms with E-state index in [1.54, 1.807) is 18.2 Å². The summed E-state index contributed by atoms with van der Waals surface area (Å²) in [5, 5.41) is 23.6. The maximum Gasteiger partial charge on any atom is 0.283 e. The highest BCUT2D eigenvalue weighted by molar-refractivity contribution is 9.10. The van der Waals surface area contributed by atoms with Crippen LogP contribution < -0.4 is 5.32 Å². The van der Waals surface area contributed by atoms with Gasteiger partial charge in [-0.3, -0.25) is 10.1 Å². The second-order valence-electron chi connectivity index (χ2n) is 4.24. The molecule has 2 N–H and O–H groups in total. The lowest BCUT2D eigenvalue weighted by Crippen LogP contribution is -2.13. The van der Waals surface area contributed by atoms with Gasteiger partial charge in [-0.15, -0.1) is 0 Å². The van der Waals surface area contributed by atoms with Gasteiger partial charge in [-0.1, -0.05) is 30.3 Å². The minimum absolute atomic E-state index is 0.0480. The fourth-order valence-electron chi connectivity index (χ4n) is 1.84. The Morgan fingerprint density at radius 3 is 2.45 bits per heavy atom. The van der Waals surface area contributed by atoms with Gasteiger partial charge in [-0.25, -0.2) is 0 Å². The predicted octanol–water partition coefficient (Wildman–Crippen LogP) is 3.35. The molecule has 104 valence electrons. The van der Waals surface area contributed by atoms with E-state index in [-0.39, 0.29) is 11.4 Å². The van der Waals surface area contributed by atoms with Gasteiger partial charge in [0, 0.05) is 24.7 Å². The van der Waals surface area contributed by atoms with Gasteiger partial charge in [0.15, 0.2) is 0 Å². The average molecular weight is 337 g/mol. The van der Waals surface area contributed by atoms with Crippen LogP contribution in [0.1, 0.15) is 11.1 Å². The normalized spacial score (nSPS) is 10.4. The number of rotatable bonds is 5. The van der Waals surface area contributed by atoms with Crippen molar-refractivity contribution in [3.05, 3.63) is 68.2 Å².